The molecule has 0 aliphatic heterocycles. The van der Waals surface area contributed by atoms with Gasteiger partial charge in [-0.2, -0.15) is 0 Å². The number of nitrogens with one attached hydrogen (secondary N) is 3. The van der Waals surface area contributed by atoms with Gasteiger partial charge < -0.3 is 16.0 Å². The number of aromatic nitrogens is 2. The van der Waals surface area contributed by atoms with Gasteiger partial charge in [-0.25, -0.2) is 4.79 Å². The normalized spacial score (nSPS) is 23.0. The number of hydrogen-bond donors (Lipinski definition) is 4. The average molecular weight is 266 g/mol. The first-order chi connectivity index (χ1) is 8.97. The van der Waals surface area contributed by atoms with E-state index in [0.29, 0.717) is 5.92 Å². The number of nitrogens with two attached hydrogens (primary N) is 1. The fraction of sp³-hybridized carbons (Fsp3) is 0.583. The van der Waals surface area contributed by atoms with E-state index in [-0.39, 0.29) is 17.4 Å². The molecule has 104 valence electrons. The largest absolute Gasteiger partial charge is 0.392 e. The van der Waals surface area contributed by atoms with Gasteiger partial charge in [0.15, 0.2) is 0 Å². The first-order valence-electron chi connectivity index (χ1n) is 6.40. The molecule has 0 spiro atoms. The van der Waals surface area contributed by atoms with E-state index in [9.17, 15) is 14.4 Å². The first kappa shape index (κ1) is 13.4. The van der Waals surface area contributed by atoms with E-state index in [1.165, 1.54) is 0 Å². The third kappa shape index (κ3) is 3.04. The summed E-state index contributed by atoms with van der Waals surface area (Å²) in [6, 6.07) is 0.0749. The van der Waals surface area contributed by atoms with Gasteiger partial charge in [0.2, 0.25) is 0 Å². The number of aromatic amines is 2. The van der Waals surface area contributed by atoms with Crippen molar-refractivity contribution in [3.05, 3.63) is 26.5 Å². The predicted molar refractivity (Wildman–Crippen MR) is 71.0 cm³/mol. The van der Waals surface area contributed by atoms with Gasteiger partial charge in [0, 0.05) is 6.04 Å². The van der Waals surface area contributed by atoms with Gasteiger partial charge in [0.05, 0.1) is 0 Å². The van der Waals surface area contributed by atoms with Crippen LogP contribution in [0.3, 0.4) is 0 Å². The van der Waals surface area contributed by atoms with Crippen LogP contribution >= 0.6 is 0 Å². The van der Waals surface area contributed by atoms with E-state index >= 15 is 0 Å². The highest BCUT2D eigenvalue weighted by Crippen LogP contribution is 2.23. The minimum absolute atomic E-state index is 0.0749. The summed E-state index contributed by atoms with van der Waals surface area (Å²) in [6.07, 6.45) is 3.93. The van der Waals surface area contributed by atoms with Crippen molar-refractivity contribution in [3.8, 4) is 0 Å². The Morgan fingerprint density at radius 2 is 1.84 bits per heavy atom. The Balaban J connectivity index is 2.12. The van der Waals surface area contributed by atoms with Gasteiger partial charge in [0.1, 0.15) is 11.4 Å². The SMILES string of the molecule is CC1CCC(NC(=O)c2[nH]c(=O)[nH]c(=O)c2N)CC1. The Kier molecular flexibility index (Phi) is 3.73. The lowest BCUT2D eigenvalue weighted by atomic mass is 9.87. The van der Waals surface area contributed by atoms with E-state index in [0.717, 1.165) is 25.7 Å². The highest BCUT2D eigenvalue weighted by atomic mass is 16.2. The lowest BCUT2D eigenvalue weighted by Crippen LogP contribution is -2.40. The fourth-order valence-corrected chi connectivity index (χ4v) is 2.34. The monoisotopic (exact) mass is 266 g/mol. The zero-order valence-electron chi connectivity index (χ0n) is 10.8. The quantitative estimate of drug-likeness (QED) is 0.599. The molecule has 1 amide bonds. The summed E-state index contributed by atoms with van der Waals surface area (Å²) in [5.41, 5.74) is 3.60. The Morgan fingerprint density at radius 1 is 1.21 bits per heavy atom. The van der Waals surface area contributed by atoms with Crippen LogP contribution in [0.15, 0.2) is 9.59 Å². The lowest BCUT2D eigenvalue weighted by molar-refractivity contribution is 0.0918. The molecule has 1 aromatic heterocycles. The van der Waals surface area contributed by atoms with Crippen LogP contribution in [-0.4, -0.2) is 21.9 Å². The van der Waals surface area contributed by atoms with Gasteiger partial charge in [-0.1, -0.05) is 6.92 Å². The molecule has 0 aromatic carbocycles. The zero-order valence-corrected chi connectivity index (χ0v) is 10.8. The molecule has 0 atom stereocenters. The molecule has 0 saturated heterocycles. The van der Waals surface area contributed by atoms with Crippen molar-refractivity contribution < 1.29 is 4.79 Å². The Hall–Kier alpha value is -2.05. The van der Waals surface area contributed by atoms with Gasteiger partial charge in [0.25, 0.3) is 11.5 Å². The van der Waals surface area contributed by atoms with Crippen molar-refractivity contribution in [1.82, 2.24) is 15.3 Å². The van der Waals surface area contributed by atoms with Crippen LogP contribution in [0.4, 0.5) is 5.69 Å². The maximum absolute atomic E-state index is 12.0. The summed E-state index contributed by atoms with van der Waals surface area (Å²) in [7, 11) is 0. The zero-order chi connectivity index (χ0) is 14.0. The van der Waals surface area contributed by atoms with Crippen molar-refractivity contribution in [2.24, 2.45) is 5.92 Å². The average Bonchev–Trinajstić information content (AvgIpc) is 2.36. The van der Waals surface area contributed by atoms with Crippen molar-refractivity contribution in [2.45, 2.75) is 38.6 Å². The van der Waals surface area contributed by atoms with Crippen LogP contribution in [0.5, 0.6) is 0 Å². The van der Waals surface area contributed by atoms with Gasteiger partial charge in [-0.05, 0) is 31.6 Å². The number of hydrogen-bond acceptors (Lipinski definition) is 4. The summed E-state index contributed by atoms with van der Waals surface area (Å²) in [6.45, 7) is 2.18. The minimum atomic E-state index is -0.744. The van der Waals surface area contributed by atoms with E-state index in [1.54, 1.807) is 0 Å². The van der Waals surface area contributed by atoms with E-state index in [1.807, 2.05) is 4.98 Å². The second kappa shape index (κ2) is 5.29. The third-order valence-corrected chi connectivity index (χ3v) is 3.56. The van der Waals surface area contributed by atoms with E-state index < -0.39 is 17.2 Å². The molecule has 0 bridgehead atoms. The highest BCUT2D eigenvalue weighted by molar-refractivity contribution is 5.96. The van der Waals surface area contributed by atoms with E-state index in [4.69, 9.17) is 5.73 Å². The molecule has 2 rings (SSSR count). The maximum Gasteiger partial charge on any atom is 0.326 e. The van der Waals surface area contributed by atoms with Crippen molar-refractivity contribution in [2.75, 3.05) is 5.73 Å². The molecule has 7 heteroatoms. The lowest BCUT2D eigenvalue weighted by Gasteiger charge is -2.26. The molecular weight excluding hydrogens is 248 g/mol. The Bertz CT molecular complexity index is 581. The molecular formula is C12H18N4O3. The smallest absolute Gasteiger partial charge is 0.326 e. The molecule has 5 N–H and O–H groups in total. The molecule has 1 fully saturated rings. The highest BCUT2D eigenvalue weighted by Gasteiger charge is 2.22. The van der Waals surface area contributed by atoms with Crippen LogP contribution in [0, 0.1) is 5.92 Å². The maximum atomic E-state index is 12.0. The molecule has 1 saturated carbocycles. The summed E-state index contributed by atoms with van der Waals surface area (Å²) in [5, 5.41) is 2.81. The first-order valence-corrected chi connectivity index (χ1v) is 6.40. The second-order valence-electron chi connectivity index (χ2n) is 5.13. The van der Waals surface area contributed by atoms with Crippen molar-refractivity contribution in [1.29, 1.82) is 0 Å². The van der Waals surface area contributed by atoms with Crippen molar-refractivity contribution in [3.63, 3.8) is 0 Å². The molecule has 1 aliphatic carbocycles. The molecule has 0 unspecified atom stereocenters. The Labute approximate surface area is 109 Å². The summed E-state index contributed by atoms with van der Waals surface area (Å²) < 4.78 is 0. The summed E-state index contributed by atoms with van der Waals surface area (Å²) in [4.78, 5) is 38.7. The summed E-state index contributed by atoms with van der Waals surface area (Å²) >= 11 is 0. The number of carbonyl (C=O) groups is 1. The fourth-order valence-electron chi connectivity index (χ4n) is 2.34. The van der Waals surface area contributed by atoms with Crippen molar-refractivity contribution >= 4 is 11.6 Å². The molecule has 0 radical (unpaired) electrons. The topological polar surface area (TPSA) is 121 Å². The molecule has 1 aliphatic rings. The molecule has 1 heterocycles. The van der Waals surface area contributed by atoms with Crippen LogP contribution in [-0.2, 0) is 0 Å². The van der Waals surface area contributed by atoms with Crippen LogP contribution < -0.4 is 22.3 Å². The van der Waals surface area contributed by atoms with Crippen LogP contribution in [0.25, 0.3) is 0 Å². The number of rotatable bonds is 2. The number of H-pyrrole nitrogens is 2. The predicted octanol–water partition coefficient (Wildman–Crippen LogP) is -0.0461. The van der Waals surface area contributed by atoms with Gasteiger partial charge in [-0.15, -0.1) is 0 Å². The molecule has 1 aromatic rings. The second-order valence-corrected chi connectivity index (χ2v) is 5.13. The number of amides is 1. The summed E-state index contributed by atoms with van der Waals surface area (Å²) in [5.74, 6) is 0.179. The number of anilines is 1. The number of nitrogen functional groups attached to an aromatic ring is 1. The van der Waals surface area contributed by atoms with Gasteiger partial charge in [-0.3, -0.25) is 14.6 Å². The molecule has 19 heavy (non-hydrogen) atoms. The van der Waals surface area contributed by atoms with Crippen LogP contribution in [0.2, 0.25) is 0 Å². The van der Waals surface area contributed by atoms with Gasteiger partial charge >= 0.3 is 5.69 Å². The number of carbonyl (C=O) groups excluding carboxylic acids is 1. The standard InChI is InChI=1S/C12H18N4O3/c1-6-2-4-7(5-3-6)14-11(18)9-8(13)10(17)16-12(19)15-9/h6-7H,2-5,13H2,1H3,(H,14,18)(H2,15,16,17,19). The van der Waals surface area contributed by atoms with E-state index in [2.05, 4.69) is 17.2 Å². The third-order valence-electron chi connectivity index (χ3n) is 3.56. The Morgan fingerprint density at radius 3 is 2.47 bits per heavy atom. The molecule has 7 nitrogen and oxygen atoms in total. The minimum Gasteiger partial charge on any atom is -0.392 e. The van der Waals surface area contributed by atoms with Crippen LogP contribution in [0.1, 0.15) is 43.1 Å².